The molecule has 1 aliphatic rings. The maximum Gasteiger partial charge on any atom is 0.263 e. The Morgan fingerprint density at radius 1 is 1.57 bits per heavy atom. The molecule has 1 N–H and O–H groups in total. The van der Waals surface area contributed by atoms with E-state index in [1.165, 1.54) is 18.9 Å². The molecule has 0 unspecified atom stereocenters. The van der Waals surface area contributed by atoms with E-state index in [1.807, 2.05) is 0 Å². The Morgan fingerprint density at radius 2 is 2.33 bits per heavy atom. The van der Waals surface area contributed by atoms with Gasteiger partial charge in [-0.15, -0.1) is 6.42 Å². The second-order valence-electron chi connectivity index (χ2n) is 3.88. The summed E-state index contributed by atoms with van der Waals surface area (Å²) in [5.74, 6) is 2.94. The average molecular weight is 340 g/mol. The molecule has 0 aromatic heterocycles. The zero-order valence-electron chi connectivity index (χ0n) is 10.9. The first-order valence-corrected chi connectivity index (χ1v) is 7.34. The van der Waals surface area contributed by atoms with Crippen LogP contribution in [0.25, 0.3) is 6.08 Å². The molecule has 1 fully saturated rings. The molecule has 1 saturated heterocycles. The number of carbonyl (C=O) groups excluding carboxylic acids is 1. The van der Waals surface area contributed by atoms with Crippen molar-refractivity contribution in [1.82, 2.24) is 5.32 Å². The highest BCUT2D eigenvalue weighted by Gasteiger charge is 2.22. The van der Waals surface area contributed by atoms with Crippen molar-refractivity contribution in [2.45, 2.75) is 0 Å². The maximum absolute atomic E-state index is 11.6. The van der Waals surface area contributed by atoms with E-state index in [2.05, 4.69) is 11.2 Å². The van der Waals surface area contributed by atoms with Gasteiger partial charge in [-0.05, 0) is 23.8 Å². The van der Waals surface area contributed by atoms with Crippen LogP contribution >= 0.6 is 35.6 Å². The van der Waals surface area contributed by atoms with E-state index in [9.17, 15) is 4.79 Å². The summed E-state index contributed by atoms with van der Waals surface area (Å²) in [7, 11) is 1.50. The second kappa shape index (κ2) is 6.85. The van der Waals surface area contributed by atoms with Crippen LogP contribution in [-0.4, -0.2) is 23.9 Å². The van der Waals surface area contributed by atoms with Crippen LogP contribution in [0.1, 0.15) is 5.56 Å². The Kier molecular flexibility index (Phi) is 5.12. The largest absolute Gasteiger partial charge is 0.493 e. The Labute approximate surface area is 136 Å². The molecule has 108 valence electrons. The first-order valence-electron chi connectivity index (χ1n) is 5.73. The molecule has 1 aliphatic heterocycles. The molecule has 1 heterocycles. The number of ether oxygens (including phenoxy) is 2. The topological polar surface area (TPSA) is 47.6 Å². The van der Waals surface area contributed by atoms with Gasteiger partial charge < -0.3 is 14.8 Å². The predicted octanol–water partition coefficient (Wildman–Crippen LogP) is 2.85. The van der Waals surface area contributed by atoms with Crippen LogP contribution < -0.4 is 14.8 Å². The van der Waals surface area contributed by atoms with E-state index in [4.69, 9.17) is 39.7 Å². The van der Waals surface area contributed by atoms with Gasteiger partial charge in [0, 0.05) is 0 Å². The minimum Gasteiger partial charge on any atom is -0.493 e. The Hall–Kier alpha value is -1.68. The summed E-state index contributed by atoms with van der Waals surface area (Å²) < 4.78 is 11.0. The van der Waals surface area contributed by atoms with Crippen LogP contribution in [0.5, 0.6) is 11.5 Å². The SMILES string of the molecule is C#CCOc1c(Cl)cc(/C=C2\SC(=S)NC2=O)cc1OC. The average Bonchev–Trinajstić information content (AvgIpc) is 2.75. The highest BCUT2D eigenvalue weighted by atomic mass is 35.5. The number of hydrogen-bond donors (Lipinski definition) is 1. The van der Waals surface area contributed by atoms with Crippen molar-refractivity contribution >= 4 is 51.9 Å². The van der Waals surface area contributed by atoms with Crippen LogP contribution in [0.15, 0.2) is 17.0 Å². The van der Waals surface area contributed by atoms with E-state index >= 15 is 0 Å². The third-order valence-electron chi connectivity index (χ3n) is 2.49. The summed E-state index contributed by atoms with van der Waals surface area (Å²) >= 11 is 12.3. The molecule has 0 radical (unpaired) electrons. The van der Waals surface area contributed by atoms with E-state index in [1.54, 1.807) is 18.2 Å². The van der Waals surface area contributed by atoms with Gasteiger partial charge in [-0.1, -0.05) is 41.5 Å². The molecule has 21 heavy (non-hydrogen) atoms. The van der Waals surface area contributed by atoms with Crippen molar-refractivity contribution in [3.63, 3.8) is 0 Å². The lowest BCUT2D eigenvalue weighted by molar-refractivity contribution is -0.115. The Morgan fingerprint density at radius 3 is 2.90 bits per heavy atom. The minimum atomic E-state index is -0.229. The first kappa shape index (κ1) is 15.7. The number of amides is 1. The predicted molar refractivity (Wildman–Crippen MR) is 88.6 cm³/mol. The summed E-state index contributed by atoms with van der Waals surface area (Å²) in [4.78, 5) is 12.1. The summed E-state index contributed by atoms with van der Waals surface area (Å²) in [6.07, 6.45) is 6.84. The van der Waals surface area contributed by atoms with Gasteiger partial charge in [-0.3, -0.25) is 4.79 Å². The molecule has 1 amide bonds. The number of carbonyl (C=O) groups is 1. The summed E-state index contributed by atoms with van der Waals surface area (Å²) in [6.45, 7) is 0.0864. The number of thioether (sulfide) groups is 1. The fourth-order valence-corrected chi connectivity index (χ4v) is 2.97. The Balaban J connectivity index is 2.37. The number of halogens is 1. The van der Waals surface area contributed by atoms with Crippen LogP contribution in [-0.2, 0) is 4.79 Å². The van der Waals surface area contributed by atoms with Gasteiger partial charge in [-0.25, -0.2) is 0 Å². The molecule has 1 aromatic rings. The smallest absolute Gasteiger partial charge is 0.263 e. The van der Waals surface area contributed by atoms with E-state index in [0.29, 0.717) is 31.3 Å². The highest BCUT2D eigenvalue weighted by molar-refractivity contribution is 8.26. The van der Waals surface area contributed by atoms with Crippen LogP contribution in [0.2, 0.25) is 5.02 Å². The van der Waals surface area contributed by atoms with Gasteiger partial charge in [0.1, 0.15) is 10.9 Å². The number of thiocarbonyl (C=S) groups is 1. The van der Waals surface area contributed by atoms with Crippen molar-refractivity contribution in [3.05, 3.63) is 27.6 Å². The number of rotatable bonds is 4. The van der Waals surface area contributed by atoms with E-state index in [0.717, 1.165) is 0 Å². The Bertz CT molecular complexity index is 680. The van der Waals surface area contributed by atoms with Crippen molar-refractivity contribution in [1.29, 1.82) is 0 Å². The molecule has 2 rings (SSSR count). The molecule has 0 bridgehead atoms. The number of hydrogen-bond acceptors (Lipinski definition) is 5. The zero-order chi connectivity index (χ0) is 15.4. The lowest BCUT2D eigenvalue weighted by Gasteiger charge is -2.11. The highest BCUT2D eigenvalue weighted by Crippen LogP contribution is 2.37. The van der Waals surface area contributed by atoms with Gasteiger partial charge in [0.05, 0.1) is 17.0 Å². The third kappa shape index (κ3) is 3.70. The molecule has 0 saturated carbocycles. The number of nitrogens with one attached hydrogen (secondary N) is 1. The van der Waals surface area contributed by atoms with E-state index < -0.39 is 0 Å². The monoisotopic (exact) mass is 339 g/mol. The van der Waals surface area contributed by atoms with Gasteiger partial charge in [0.2, 0.25) is 0 Å². The molecule has 0 spiro atoms. The summed E-state index contributed by atoms with van der Waals surface area (Å²) in [5, 5.41) is 2.90. The lowest BCUT2D eigenvalue weighted by atomic mass is 10.2. The molecule has 0 atom stereocenters. The number of benzene rings is 1. The summed E-state index contributed by atoms with van der Waals surface area (Å²) in [5.41, 5.74) is 0.701. The van der Waals surface area contributed by atoms with Crippen molar-refractivity contribution in [3.8, 4) is 23.8 Å². The second-order valence-corrected chi connectivity index (χ2v) is 6.01. The van der Waals surface area contributed by atoms with Crippen molar-refractivity contribution < 1.29 is 14.3 Å². The minimum absolute atomic E-state index is 0.0864. The molecule has 0 aliphatic carbocycles. The molecule has 7 heteroatoms. The quantitative estimate of drug-likeness (QED) is 0.519. The fourth-order valence-electron chi connectivity index (χ4n) is 1.65. The molecular formula is C14H10ClNO3S2. The van der Waals surface area contributed by atoms with Gasteiger partial charge >= 0.3 is 0 Å². The van der Waals surface area contributed by atoms with Crippen molar-refractivity contribution in [2.24, 2.45) is 0 Å². The third-order valence-corrected chi connectivity index (χ3v) is 3.93. The normalized spacial score (nSPS) is 15.8. The van der Waals surface area contributed by atoms with Gasteiger partial charge in [0.25, 0.3) is 5.91 Å². The zero-order valence-corrected chi connectivity index (χ0v) is 13.3. The molecular weight excluding hydrogens is 330 g/mol. The number of terminal acetylenes is 1. The van der Waals surface area contributed by atoms with E-state index in [-0.39, 0.29) is 12.5 Å². The van der Waals surface area contributed by atoms with Crippen LogP contribution in [0.3, 0.4) is 0 Å². The van der Waals surface area contributed by atoms with Crippen LogP contribution in [0, 0.1) is 12.3 Å². The fraction of sp³-hybridized carbons (Fsp3) is 0.143. The standard InChI is InChI=1S/C14H10ClNO3S2/c1-3-4-19-12-9(15)5-8(6-10(12)18-2)7-11-13(17)16-14(20)21-11/h1,5-7H,4H2,2H3,(H,16,17,20)/b11-7-. The first-order chi connectivity index (χ1) is 10.0. The van der Waals surface area contributed by atoms with Crippen LogP contribution in [0.4, 0.5) is 0 Å². The molecule has 4 nitrogen and oxygen atoms in total. The van der Waals surface area contributed by atoms with Crippen molar-refractivity contribution in [2.75, 3.05) is 13.7 Å². The van der Waals surface area contributed by atoms with Gasteiger partial charge in [0.15, 0.2) is 11.5 Å². The summed E-state index contributed by atoms with van der Waals surface area (Å²) in [6, 6.07) is 3.37. The maximum atomic E-state index is 11.6. The van der Waals surface area contributed by atoms with Gasteiger partial charge in [-0.2, -0.15) is 0 Å². The number of methoxy groups -OCH3 is 1. The lowest BCUT2D eigenvalue weighted by Crippen LogP contribution is -2.17. The molecule has 1 aromatic carbocycles.